The Morgan fingerprint density at radius 1 is 1.23 bits per heavy atom. The SMILES string of the molecule is CN=C(NCCOCCS(C)(=O)=O)N1CCN(c2ccccc2Cl)CC1. The second kappa shape index (κ2) is 9.99. The number of para-hydroxylation sites is 1. The number of nitrogens with zero attached hydrogens (tertiary/aromatic N) is 3. The van der Waals surface area contributed by atoms with Crippen LogP contribution in [0.4, 0.5) is 5.69 Å². The van der Waals surface area contributed by atoms with Crippen molar-refractivity contribution >= 4 is 33.1 Å². The molecule has 1 N–H and O–H groups in total. The molecule has 1 fully saturated rings. The standard InChI is InChI=1S/C17H27ClN4O3S/c1-19-17(20-7-12-25-13-14-26(2,23)24)22-10-8-21(9-11-22)16-6-4-3-5-15(16)18/h3-6H,7-14H2,1-2H3,(H,19,20). The number of benzene rings is 1. The summed E-state index contributed by atoms with van der Waals surface area (Å²) in [6.07, 6.45) is 1.21. The van der Waals surface area contributed by atoms with Gasteiger partial charge in [0.05, 0.1) is 29.7 Å². The predicted octanol–water partition coefficient (Wildman–Crippen LogP) is 1.10. The van der Waals surface area contributed by atoms with E-state index in [4.69, 9.17) is 16.3 Å². The zero-order valence-corrected chi connectivity index (χ0v) is 16.9. The Morgan fingerprint density at radius 2 is 1.92 bits per heavy atom. The molecule has 1 aromatic carbocycles. The van der Waals surface area contributed by atoms with Crippen LogP contribution in [0, 0.1) is 0 Å². The van der Waals surface area contributed by atoms with Crippen LogP contribution in [0.15, 0.2) is 29.3 Å². The lowest BCUT2D eigenvalue weighted by Gasteiger charge is -2.38. The minimum Gasteiger partial charge on any atom is -0.379 e. The first kappa shape index (κ1) is 20.8. The third-order valence-corrected chi connectivity index (χ3v) is 5.34. The topological polar surface area (TPSA) is 74.2 Å². The van der Waals surface area contributed by atoms with Crippen molar-refractivity contribution in [3.63, 3.8) is 0 Å². The highest BCUT2D eigenvalue weighted by Crippen LogP contribution is 2.25. The fourth-order valence-electron chi connectivity index (χ4n) is 2.75. The Hall–Kier alpha value is -1.51. The van der Waals surface area contributed by atoms with Gasteiger partial charge < -0.3 is 19.9 Å². The van der Waals surface area contributed by atoms with Crippen LogP contribution in [0.5, 0.6) is 0 Å². The second-order valence-corrected chi connectivity index (χ2v) is 8.81. The van der Waals surface area contributed by atoms with Crippen LogP contribution in [0.1, 0.15) is 0 Å². The van der Waals surface area contributed by atoms with Crippen molar-refractivity contribution in [1.29, 1.82) is 0 Å². The highest BCUT2D eigenvalue weighted by Gasteiger charge is 2.20. The van der Waals surface area contributed by atoms with Gasteiger partial charge in [-0.05, 0) is 12.1 Å². The van der Waals surface area contributed by atoms with Gasteiger partial charge in [-0.1, -0.05) is 23.7 Å². The van der Waals surface area contributed by atoms with Gasteiger partial charge in [0.1, 0.15) is 9.84 Å². The fourth-order valence-corrected chi connectivity index (χ4v) is 3.42. The number of hydrogen-bond acceptors (Lipinski definition) is 5. The van der Waals surface area contributed by atoms with E-state index in [0.717, 1.165) is 42.8 Å². The molecule has 1 aromatic rings. The van der Waals surface area contributed by atoms with Crippen molar-refractivity contribution in [1.82, 2.24) is 10.2 Å². The highest BCUT2D eigenvalue weighted by atomic mass is 35.5. The molecule has 0 saturated carbocycles. The molecule has 9 heteroatoms. The van der Waals surface area contributed by atoms with Gasteiger partial charge in [0.15, 0.2) is 5.96 Å². The van der Waals surface area contributed by atoms with Crippen LogP contribution in [0.2, 0.25) is 5.02 Å². The van der Waals surface area contributed by atoms with Crippen LogP contribution in [0.3, 0.4) is 0 Å². The summed E-state index contributed by atoms with van der Waals surface area (Å²) < 4.78 is 27.4. The Kier molecular flexibility index (Phi) is 7.99. The monoisotopic (exact) mass is 402 g/mol. The maximum Gasteiger partial charge on any atom is 0.193 e. The van der Waals surface area contributed by atoms with Crippen LogP contribution >= 0.6 is 11.6 Å². The second-order valence-electron chi connectivity index (χ2n) is 6.14. The molecule has 146 valence electrons. The van der Waals surface area contributed by atoms with E-state index in [1.807, 2.05) is 24.3 Å². The Labute approximate surface area is 160 Å². The van der Waals surface area contributed by atoms with Gasteiger partial charge >= 0.3 is 0 Å². The van der Waals surface area contributed by atoms with E-state index in [-0.39, 0.29) is 12.4 Å². The first-order chi connectivity index (χ1) is 12.4. The molecule has 2 rings (SSSR count). The molecule has 0 unspecified atom stereocenters. The zero-order valence-electron chi connectivity index (χ0n) is 15.3. The van der Waals surface area contributed by atoms with Gasteiger partial charge in [0.2, 0.25) is 0 Å². The van der Waals surface area contributed by atoms with Crippen LogP contribution in [-0.4, -0.2) is 84.3 Å². The average Bonchev–Trinajstić information content (AvgIpc) is 2.61. The van der Waals surface area contributed by atoms with Crippen molar-refractivity contribution in [2.75, 3.05) is 69.9 Å². The molecule has 0 aromatic heterocycles. The smallest absolute Gasteiger partial charge is 0.193 e. The number of rotatable bonds is 7. The third-order valence-electron chi connectivity index (χ3n) is 4.11. The van der Waals surface area contributed by atoms with Gasteiger partial charge in [-0.25, -0.2) is 8.42 Å². The number of sulfone groups is 1. The number of halogens is 1. The van der Waals surface area contributed by atoms with Crippen molar-refractivity contribution in [3.8, 4) is 0 Å². The van der Waals surface area contributed by atoms with Gasteiger partial charge in [0.25, 0.3) is 0 Å². The van der Waals surface area contributed by atoms with Crippen LogP contribution in [0.25, 0.3) is 0 Å². The molecule has 0 spiro atoms. The van der Waals surface area contributed by atoms with E-state index in [1.165, 1.54) is 6.26 Å². The molecule has 0 amide bonds. The average molecular weight is 403 g/mol. The molecule has 0 radical (unpaired) electrons. The van der Waals surface area contributed by atoms with Crippen molar-refractivity contribution in [2.45, 2.75) is 0 Å². The lowest BCUT2D eigenvalue weighted by Crippen LogP contribution is -2.53. The molecular formula is C17H27ClN4O3S. The molecule has 26 heavy (non-hydrogen) atoms. The summed E-state index contributed by atoms with van der Waals surface area (Å²) in [6, 6.07) is 7.89. The quantitative estimate of drug-likeness (QED) is 0.418. The largest absolute Gasteiger partial charge is 0.379 e. The lowest BCUT2D eigenvalue weighted by molar-refractivity contribution is 0.153. The van der Waals surface area contributed by atoms with Crippen molar-refractivity contribution < 1.29 is 13.2 Å². The minimum atomic E-state index is -2.97. The van der Waals surface area contributed by atoms with E-state index in [0.29, 0.717) is 13.2 Å². The van der Waals surface area contributed by atoms with Gasteiger partial charge in [0, 0.05) is 46.0 Å². The van der Waals surface area contributed by atoms with E-state index in [9.17, 15) is 8.42 Å². The fraction of sp³-hybridized carbons (Fsp3) is 0.588. The van der Waals surface area contributed by atoms with E-state index in [2.05, 4.69) is 20.1 Å². The number of aliphatic imine (C=N–C) groups is 1. The van der Waals surface area contributed by atoms with Crippen molar-refractivity contribution in [3.05, 3.63) is 29.3 Å². The molecule has 0 atom stereocenters. The first-order valence-corrected chi connectivity index (χ1v) is 11.0. The summed E-state index contributed by atoms with van der Waals surface area (Å²) in [4.78, 5) is 8.80. The van der Waals surface area contributed by atoms with Crippen LogP contribution in [-0.2, 0) is 14.6 Å². The summed E-state index contributed by atoms with van der Waals surface area (Å²) in [5.41, 5.74) is 1.07. The van der Waals surface area contributed by atoms with E-state index in [1.54, 1.807) is 7.05 Å². The summed E-state index contributed by atoms with van der Waals surface area (Å²) in [5, 5.41) is 4.03. The number of anilines is 1. The molecule has 1 aliphatic rings. The number of nitrogens with one attached hydrogen (secondary N) is 1. The summed E-state index contributed by atoms with van der Waals surface area (Å²) in [6.45, 7) is 4.68. The van der Waals surface area contributed by atoms with Crippen molar-refractivity contribution in [2.24, 2.45) is 4.99 Å². The molecule has 1 aliphatic heterocycles. The normalized spacial score (nSPS) is 16.0. The molecule has 1 saturated heterocycles. The maximum absolute atomic E-state index is 11.0. The van der Waals surface area contributed by atoms with Gasteiger partial charge in [-0.2, -0.15) is 0 Å². The highest BCUT2D eigenvalue weighted by molar-refractivity contribution is 7.90. The van der Waals surface area contributed by atoms with Gasteiger partial charge in [-0.15, -0.1) is 0 Å². The number of ether oxygens (including phenoxy) is 1. The molecule has 7 nitrogen and oxygen atoms in total. The van der Waals surface area contributed by atoms with Gasteiger partial charge in [-0.3, -0.25) is 4.99 Å². The predicted molar refractivity (Wildman–Crippen MR) is 107 cm³/mol. The third kappa shape index (κ3) is 6.66. The minimum absolute atomic E-state index is 0.0474. The first-order valence-electron chi connectivity index (χ1n) is 8.61. The molecule has 0 aliphatic carbocycles. The summed E-state index contributed by atoms with van der Waals surface area (Å²) >= 11 is 6.28. The molecule has 1 heterocycles. The van der Waals surface area contributed by atoms with Crippen LogP contribution < -0.4 is 10.2 Å². The number of guanidine groups is 1. The Morgan fingerprint density at radius 3 is 2.54 bits per heavy atom. The lowest BCUT2D eigenvalue weighted by atomic mass is 10.2. The molecule has 0 bridgehead atoms. The summed E-state index contributed by atoms with van der Waals surface area (Å²) in [7, 11) is -1.21. The number of hydrogen-bond donors (Lipinski definition) is 1. The maximum atomic E-state index is 11.0. The Bertz CT molecular complexity index is 704. The Balaban J connectivity index is 1.72. The molecular weight excluding hydrogens is 376 g/mol. The zero-order chi connectivity index (χ0) is 19.0. The van der Waals surface area contributed by atoms with E-state index < -0.39 is 9.84 Å². The van der Waals surface area contributed by atoms with E-state index >= 15 is 0 Å². The number of piperazine rings is 1. The summed E-state index contributed by atoms with van der Waals surface area (Å²) in [5.74, 6) is 0.877.